The Kier molecular flexibility index (Phi) is 15.7. The molecule has 0 aromatic carbocycles. The van der Waals surface area contributed by atoms with E-state index in [-0.39, 0.29) is 30.6 Å². The van der Waals surface area contributed by atoms with Crippen molar-refractivity contribution in [2.24, 2.45) is 0 Å². The first kappa shape index (κ1) is 22.9. The third-order valence-corrected chi connectivity index (χ3v) is 0. The van der Waals surface area contributed by atoms with Gasteiger partial charge in [-0.05, 0) is 0 Å². The molecule has 1 radical (unpaired) electrons. The van der Waals surface area contributed by atoms with Crippen LogP contribution in [0.1, 0.15) is 0 Å². The Bertz CT molecular complexity index is 211. The second-order valence-corrected chi connectivity index (χ2v) is 2.57. The van der Waals surface area contributed by atoms with Crippen LogP contribution in [0.15, 0.2) is 0 Å². The first-order valence-corrected chi connectivity index (χ1v) is 4.10. The van der Waals surface area contributed by atoms with E-state index in [0.29, 0.717) is 0 Å². The van der Waals surface area contributed by atoms with Gasteiger partial charge in [0.1, 0.15) is 0 Å². The molecule has 81 valence electrons. The maximum Gasteiger partial charge on any atom is 2.00 e. The zero-order chi connectivity index (χ0) is 9.00. The topological polar surface area (TPSA) is 155 Å². The molecule has 0 atom stereocenters. The normalized spacial score (nSPS) is 9.67. The second-order valence-electron chi connectivity index (χ2n) is 0.856. The van der Waals surface area contributed by atoms with Crippen LogP contribution in [0.25, 0.3) is 0 Å². The van der Waals surface area contributed by atoms with Crippen molar-refractivity contribution in [3.8, 4) is 0 Å². The molecular weight excluding hydrogens is 288 g/mol. The molecule has 0 aliphatic carbocycles. The van der Waals surface area contributed by atoms with Crippen molar-refractivity contribution < 1.29 is 52.1 Å². The van der Waals surface area contributed by atoms with Gasteiger partial charge in [-0.1, -0.05) is 0 Å². The van der Waals surface area contributed by atoms with Crippen LogP contribution < -0.4 is 0 Å². The van der Waals surface area contributed by atoms with Crippen LogP contribution in [0.4, 0.5) is 0 Å². The first-order valence-electron chi connectivity index (χ1n) is 1.37. The Labute approximate surface area is 86.4 Å². The molecule has 12 heteroatoms. The van der Waals surface area contributed by atoms with Gasteiger partial charge in [0.25, 0.3) is 0 Å². The summed E-state index contributed by atoms with van der Waals surface area (Å²) in [6.07, 6.45) is 0. The van der Waals surface area contributed by atoms with Crippen molar-refractivity contribution in [1.82, 2.24) is 0 Å². The van der Waals surface area contributed by atoms with Crippen molar-refractivity contribution in [3.63, 3.8) is 0 Å². The van der Waals surface area contributed by atoms with Gasteiger partial charge in [0.2, 0.25) is 0 Å². The molecule has 0 saturated carbocycles. The molecule has 0 amide bonds. The molecule has 0 aromatic heterocycles. The molecular formula is H4CuO8S3. The molecule has 0 aromatic rings. The molecule has 0 aliphatic rings. The minimum absolute atomic E-state index is 0. The van der Waals surface area contributed by atoms with E-state index in [0.717, 1.165) is 0 Å². The summed E-state index contributed by atoms with van der Waals surface area (Å²) in [7, 11) is -9.83. The minimum atomic E-state index is -5.17. The van der Waals surface area contributed by atoms with Crippen LogP contribution in [0, 0.1) is 0 Å². The zero-order valence-corrected chi connectivity index (χ0v) is 8.54. The summed E-state index contributed by atoms with van der Waals surface area (Å²) in [4.78, 5) is 0. The third-order valence-electron chi connectivity index (χ3n) is 0. The Hall–Kier alpha value is 0.609. The molecule has 2 N–H and O–H groups in total. The van der Waals surface area contributed by atoms with Crippen LogP contribution in [-0.4, -0.2) is 35.0 Å². The summed E-state index contributed by atoms with van der Waals surface area (Å²) in [6, 6.07) is 0. The Morgan fingerprint density at radius 3 is 0.917 bits per heavy atom. The molecule has 0 spiro atoms. The second kappa shape index (κ2) is 8.22. The summed E-state index contributed by atoms with van der Waals surface area (Å²) in [5.41, 5.74) is 0. The van der Waals surface area contributed by atoms with Gasteiger partial charge in [-0.3, -0.25) is 17.5 Å². The molecule has 0 bridgehead atoms. The van der Waals surface area contributed by atoms with Crippen LogP contribution in [-0.2, 0) is 37.9 Å². The SMILES string of the molecule is O=S(=O)(O)O.O=S(=O)([O-])[O-].S.[Cu+2]. The van der Waals surface area contributed by atoms with E-state index < -0.39 is 20.8 Å². The Morgan fingerprint density at radius 1 is 0.917 bits per heavy atom. The summed E-state index contributed by atoms with van der Waals surface area (Å²) < 4.78 is 65.7. The van der Waals surface area contributed by atoms with E-state index in [1.807, 2.05) is 0 Å². The van der Waals surface area contributed by atoms with E-state index in [2.05, 4.69) is 0 Å². The maximum atomic E-state index is 8.74. The van der Waals surface area contributed by atoms with Gasteiger partial charge < -0.3 is 9.11 Å². The van der Waals surface area contributed by atoms with Gasteiger partial charge in [0.15, 0.2) is 0 Å². The third kappa shape index (κ3) is 2640. The van der Waals surface area contributed by atoms with Crippen molar-refractivity contribution in [3.05, 3.63) is 0 Å². The zero-order valence-electron chi connectivity index (χ0n) is 4.96. The average molecular weight is 292 g/mol. The predicted molar refractivity (Wildman–Crippen MR) is 35.0 cm³/mol. The molecule has 12 heavy (non-hydrogen) atoms. The standard InChI is InChI=1S/Cu.2H2O4S.H2S/c;2*1-5(2,3)4;/h;2*(H2,1,2,3,4);1H2/q+2;;;/p-2. The maximum absolute atomic E-state index is 8.74. The van der Waals surface area contributed by atoms with Gasteiger partial charge in [-0.25, -0.2) is 0 Å². The monoisotopic (exact) mass is 291 g/mol. The first-order chi connectivity index (χ1) is 4.00. The van der Waals surface area contributed by atoms with E-state index in [1.54, 1.807) is 0 Å². The fourth-order valence-corrected chi connectivity index (χ4v) is 0. The molecule has 0 unspecified atom stereocenters. The largest absolute Gasteiger partial charge is 2.00 e. The van der Waals surface area contributed by atoms with E-state index >= 15 is 0 Å². The van der Waals surface area contributed by atoms with Gasteiger partial charge in [-0.2, -0.15) is 21.9 Å². The van der Waals surface area contributed by atoms with E-state index in [4.69, 9.17) is 35.0 Å². The smallest absolute Gasteiger partial charge is 0.759 e. The van der Waals surface area contributed by atoms with Gasteiger partial charge in [0.05, 0.1) is 0 Å². The molecule has 0 rings (SSSR count). The Balaban J connectivity index is -0.0000000457. The number of rotatable bonds is 0. The fraction of sp³-hybridized carbons (Fsp3) is 0. The van der Waals surface area contributed by atoms with E-state index in [9.17, 15) is 0 Å². The average Bonchev–Trinajstić information content (AvgIpc) is 1.12. The summed E-state index contributed by atoms with van der Waals surface area (Å²) in [5, 5.41) is 0. The predicted octanol–water partition coefficient (Wildman–Crippen LogP) is -1.88. The summed E-state index contributed by atoms with van der Waals surface area (Å²) in [5.74, 6) is 0. The van der Waals surface area contributed by atoms with Crippen LogP contribution in [0.5, 0.6) is 0 Å². The van der Waals surface area contributed by atoms with Crippen LogP contribution >= 0.6 is 13.5 Å². The Morgan fingerprint density at radius 2 is 0.917 bits per heavy atom. The summed E-state index contributed by atoms with van der Waals surface area (Å²) >= 11 is 0. The van der Waals surface area contributed by atoms with Crippen molar-refractivity contribution in [2.45, 2.75) is 0 Å². The van der Waals surface area contributed by atoms with Gasteiger partial charge >= 0.3 is 27.5 Å². The van der Waals surface area contributed by atoms with Gasteiger partial charge in [-0.15, -0.1) is 0 Å². The summed E-state index contributed by atoms with van der Waals surface area (Å²) in [6.45, 7) is 0. The molecule has 8 nitrogen and oxygen atoms in total. The number of hydrogen-bond donors (Lipinski definition) is 2. The molecule has 0 fully saturated rings. The molecule has 0 heterocycles. The van der Waals surface area contributed by atoms with Crippen LogP contribution in [0.2, 0.25) is 0 Å². The van der Waals surface area contributed by atoms with Crippen LogP contribution in [0.3, 0.4) is 0 Å². The number of hydrogen-bond acceptors (Lipinski definition) is 6. The van der Waals surface area contributed by atoms with Crippen molar-refractivity contribution in [1.29, 1.82) is 0 Å². The molecule has 0 aliphatic heterocycles. The molecule has 0 saturated heterocycles. The fourth-order valence-electron chi connectivity index (χ4n) is 0. The van der Waals surface area contributed by atoms with E-state index in [1.165, 1.54) is 0 Å². The van der Waals surface area contributed by atoms with Crippen molar-refractivity contribution in [2.75, 3.05) is 0 Å². The quantitative estimate of drug-likeness (QED) is 0.298. The van der Waals surface area contributed by atoms with Gasteiger partial charge in [0, 0.05) is 10.4 Å². The van der Waals surface area contributed by atoms with Crippen molar-refractivity contribution >= 4 is 34.3 Å². The minimum Gasteiger partial charge on any atom is -0.759 e.